The second-order valence-corrected chi connectivity index (χ2v) is 23.9. The number of rotatable bonds is 2. The van der Waals surface area contributed by atoms with E-state index in [-0.39, 0.29) is 16.9 Å². The van der Waals surface area contributed by atoms with Gasteiger partial charge in [0.05, 0.1) is 0 Å². The van der Waals surface area contributed by atoms with Gasteiger partial charge in [-0.15, -0.1) is 68.4 Å². The van der Waals surface area contributed by atoms with Crippen LogP contribution in [-0.4, -0.2) is 5.43 Å². The van der Waals surface area contributed by atoms with Gasteiger partial charge in [0.2, 0.25) is 0 Å². The van der Waals surface area contributed by atoms with E-state index >= 15 is 0 Å². The molecule has 6 rings (SSSR count). The molecule has 0 N–H and O–H groups in total. The van der Waals surface area contributed by atoms with Crippen molar-refractivity contribution < 1.29 is 33.5 Å². The van der Waals surface area contributed by atoms with Crippen molar-refractivity contribution in [3.8, 4) is 11.5 Å². The Kier molecular flexibility index (Phi) is 17.2. The summed E-state index contributed by atoms with van der Waals surface area (Å²) in [5, 5.41) is 27.5. The fourth-order valence-electron chi connectivity index (χ4n) is 5.64. The first kappa shape index (κ1) is 43.0. The van der Waals surface area contributed by atoms with Gasteiger partial charge < -0.3 is 10.2 Å². The van der Waals surface area contributed by atoms with Crippen molar-refractivity contribution in [2.24, 2.45) is 0 Å². The minimum atomic E-state index is 0.164. The third-order valence-electron chi connectivity index (χ3n) is 8.54. The van der Waals surface area contributed by atoms with E-state index in [0.717, 1.165) is 22.3 Å². The molecule has 2 nitrogen and oxygen atoms in total. The Labute approximate surface area is 318 Å². The van der Waals surface area contributed by atoms with E-state index in [1.165, 1.54) is 54.9 Å². The van der Waals surface area contributed by atoms with Gasteiger partial charge in [0, 0.05) is 0 Å². The van der Waals surface area contributed by atoms with Crippen molar-refractivity contribution in [2.45, 2.75) is 108 Å². The van der Waals surface area contributed by atoms with Gasteiger partial charge in [0.1, 0.15) is 0 Å². The molecule has 0 atom stereocenters. The second-order valence-electron chi connectivity index (χ2n) is 14.5. The van der Waals surface area contributed by atoms with Crippen molar-refractivity contribution in [1.29, 1.82) is 0 Å². The third kappa shape index (κ3) is 13.2. The molecule has 0 aliphatic carbocycles. The summed E-state index contributed by atoms with van der Waals surface area (Å²) in [4.78, 5) is 0. The molecule has 0 aliphatic rings. The average molecular weight is 762 g/mol. The molecule has 0 saturated carbocycles. The molecule has 0 amide bonds. The second kappa shape index (κ2) is 20.0. The van der Waals surface area contributed by atoms with E-state index in [0.29, 0.717) is 11.8 Å². The number of hydrogen-bond acceptors (Lipinski definition) is 2. The summed E-state index contributed by atoms with van der Waals surface area (Å²) in [5.41, 5.74) is 11.9. The van der Waals surface area contributed by atoms with Gasteiger partial charge in [-0.2, -0.15) is 12.1 Å². The van der Waals surface area contributed by atoms with Gasteiger partial charge in [0.25, 0.3) is 0 Å². The molecule has 0 aromatic heterocycles. The molecular formula is C46H58O2SiZr-2. The quantitative estimate of drug-likeness (QED) is 0.130. The fourth-order valence-corrected chi connectivity index (χ4v) is 5.64. The molecule has 0 aliphatic heterocycles. The van der Waals surface area contributed by atoms with E-state index < -0.39 is 0 Å². The predicted molar refractivity (Wildman–Crippen MR) is 214 cm³/mol. The smallest absolute Gasteiger partial charge is 0.0306 e. The summed E-state index contributed by atoms with van der Waals surface area (Å²) < 4.78 is 0. The van der Waals surface area contributed by atoms with E-state index in [1.807, 2.05) is 64.1 Å². The maximum Gasteiger partial charge on any atom is -0.0306 e. The monoisotopic (exact) mass is 760 g/mol. The van der Waals surface area contributed by atoms with Crippen LogP contribution in [0.15, 0.2) is 84.9 Å². The van der Waals surface area contributed by atoms with Crippen molar-refractivity contribution in [1.82, 2.24) is 0 Å². The summed E-state index contributed by atoms with van der Waals surface area (Å²) in [6.45, 7) is 29.6. The summed E-state index contributed by atoms with van der Waals surface area (Å²) in [6, 6.07) is 29.5. The summed E-state index contributed by atoms with van der Waals surface area (Å²) in [5.74, 6) is 1.57. The zero-order valence-corrected chi connectivity index (χ0v) is 36.5. The Balaban J connectivity index is 0.000000227. The number of fused-ring (bicyclic) bond motifs is 2. The summed E-state index contributed by atoms with van der Waals surface area (Å²) >= 11 is 1.74. The number of benzene rings is 4. The molecule has 6 aromatic rings. The van der Waals surface area contributed by atoms with Crippen molar-refractivity contribution in [3.05, 3.63) is 141 Å². The van der Waals surface area contributed by atoms with Gasteiger partial charge >= 0.3 is 41.9 Å². The molecule has 50 heavy (non-hydrogen) atoms. The minimum absolute atomic E-state index is 0.164. The van der Waals surface area contributed by atoms with Crippen LogP contribution < -0.4 is 10.2 Å². The molecule has 0 heterocycles. The molecule has 0 fully saturated rings. The third-order valence-corrected chi connectivity index (χ3v) is 8.54. The molecule has 0 bridgehead atoms. The summed E-state index contributed by atoms with van der Waals surface area (Å²) in [6.07, 6.45) is 0. The molecule has 4 heteroatoms. The topological polar surface area (TPSA) is 46.1 Å². The Hall–Kier alpha value is -3.20. The molecule has 0 unspecified atom stereocenters. The Morgan fingerprint density at radius 2 is 0.780 bits per heavy atom. The van der Waals surface area contributed by atoms with Crippen LogP contribution in [-0.2, 0) is 23.3 Å². The van der Waals surface area contributed by atoms with E-state index in [9.17, 15) is 10.2 Å². The maximum absolute atomic E-state index is 11.0. The van der Waals surface area contributed by atoms with Gasteiger partial charge in [-0.1, -0.05) is 135 Å². The first-order valence-corrected chi connectivity index (χ1v) is 23.8. The predicted octanol–water partition coefficient (Wildman–Crippen LogP) is 12.1. The molecule has 0 radical (unpaired) electrons. The van der Waals surface area contributed by atoms with Crippen LogP contribution in [0.25, 0.3) is 21.5 Å². The van der Waals surface area contributed by atoms with Crippen molar-refractivity contribution in [2.75, 3.05) is 0 Å². The van der Waals surface area contributed by atoms with Crippen LogP contribution >= 0.6 is 0 Å². The zero-order chi connectivity index (χ0) is 37.9. The first-order chi connectivity index (χ1) is 23.3. The van der Waals surface area contributed by atoms with Crippen LogP contribution in [0.3, 0.4) is 0 Å². The van der Waals surface area contributed by atoms with Gasteiger partial charge in [0.15, 0.2) is 0 Å². The molecular weight excluding hydrogens is 704 g/mol. The SMILES string of the molecule is C[Si](C)=[Zr+2].Cc1cc2c(C)cc(C(C)C)cc2[cH-]1.Cc1cc2c(C)cc(C(C)C)cc2[cH-]1.Cc1cccc(C)c1[O-].Cc1cccc(C)c1[O-]. The van der Waals surface area contributed by atoms with E-state index in [1.54, 1.807) is 23.3 Å². The Morgan fingerprint density at radius 1 is 0.500 bits per heavy atom. The molecule has 0 saturated heterocycles. The number of hydrogen-bond donors (Lipinski definition) is 0. The van der Waals surface area contributed by atoms with Crippen LogP contribution in [0.2, 0.25) is 13.1 Å². The van der Waals surface area contributed by atoms with Crippen LogP contribution in [0.1, 0.15) is 95.2 Å². The Morgan fingerprint density at radius 3 is 1.02 bits per heavy atom. The first-order valence-electron chi connectivity index (χ1n) is 17.7. The van der Waals surface area contributed by atoms with Crippen LogP contribution in [0, 0.1) is 55.4 Å². The largest absolute Gasteiger partial charge is 0.872 e. The fraction of sp³-hybridized carbons (Fsp3) is 0.348. The molecule has 6 aromatic carbocycles. The van der Waals surface area contributed by atoms with E-state index in [2.05, 4.69) is 117 Å². The maximum atomic E-state index is 11.0. The number of para-hydroxylation sites is 2. The average Bonchev–Trinajstić information content (AvgIpc) is 3.61. The van der Waals surface area contributed by atoms with Crippen molar-refractivity contribution in [3.63, 3.8) is 0 Å². The normalized spacial score (nSPS) is 10.4. The van der Waals surface area contributed by atoms with Crippen molar-refractivity contribution >= 4 is 27.0 Å². The van der Waals surface area contributed by atoms with Gasteiger partial charge in [-0.05, 0) is 53.4 Å². The molecule has 264 valence electrons. The zero-order valence-electron chi connectivity index (χ0n) is 33.1. The van der Waals surface area contributed by atoms with Crippen LogP contribution in [0.5, 0.6) is 11.5 Å². The van der Waals surface area contributed by atoms with E-state index in [4.69, 9.17) is 0 Å². The molecule has 0 spiro atoms. The number of aryl methyl sites for hydroxylation is 8. The van der Waals surface area contributed by atoms with Gasteiger partial charge in [-0.3, -0.25) is 0 Å². The van der Waals surface area contributed by atoms with Crippen LogP contribution in [0.4, 0.5) is 0 Å². The van der Waals surface area contributed by atoms with Gasteiger partial charge in [-0.25, -0.2) is 0 Å². The Bertz CT molecular complexity index is 1820. The minimum Gasteiger partial charge on any atom is -0.872 e. The standard InChI is InChI=1S/2C14H17.2C8H10O.C2H6Si.Zr/c2*1-9(2)12-7-11(4)14-6-10(3)5-13(14)8-12;2*1-6-4-3-5-7(2)8(6)9;1-3-2;/h2*5-9H,1-4H3;2*3-5,9H,1-2H3;1-2H3;/q2*-1;;;;+2/p-2. The summed E-state index contributed by atoms with van der Waals surface area (Å²) in [7, 11) is 0.